The monoisotopic (exact) mass is 523 g/mol. The van der Waals surface area contributed by atoms with Crippen LogP contribution in [-0.4, -0.2) is 27.4 Å². The Labute approximate surface area is 178 Å². The van der Waals surface area contributed by atoms with Gasteiger partial charge in [-0.2, -0.15) is 0 Å². The van der Waals surface area contributed by atoms with Crippen LogP contribution in [0.5, 0.6) is 11.5 Å². The first-order valence-corrected chi connectivity index (χ1v) is 10.3. The summed E-state index contributed by atoms with van der Waals surface area (Å²) in [6.07, 6.45) is 3.36. The number of halogens is 2. The number of rotatable bonds is 3. The summed E-state index contributed by atoms with van der Waals surface area (Å²) in [6.45, 7) is 1.31. The fourth-order valence-corrected chi connectivity index (χ4v) is 4.57. The molecule has 4 rings (SSSR count). The highest BCUT2D eigenvalue weighted by Crippen LogP contribution is 2.37. The summed E-state index contributed by atoms with van der Waals surface area (Å²) in [4.78, 5) is 33.5. The molecule has 0 N–H and O–H groups in total. The number of benzene rings is 1. The number of fused-ring (bicyclic) bond motifs is 3. The third-order valence-electron chi connectivity index (χ3n) is 3.84. The van der Waals surface area contributed by atoms with Crippen molar-refractivity contribution in [3.8, 4) is 11.5 Å². The van der Waals surface area contributed by atoms with Crippen LogP contribution in [0.15, 0.2) is 38.1 Å². The molecule has 10 heteroatoms. The van der Waals surface area contributed by atoms with Crippen LogP contribution in [0.1, 0.15) is 12.5 Å². The van der Waals surface area contributed by atoms with Crippen molar-refractivity contribution in [3.05, 3.63) is 53.8 Å². The third-order valence-corrected chi connectivity index (χ3v) is 5.84. The van der Waals surface area contributed by atoms with Gasteiger partial charge in [0, 0.05) is 17.6 Å². The number of aromatic nitrogens is 3. The number of esters is 1. The molecule has 0 atom stereocenters. The molecule has 0 spiro atoms. The number of ether oxygens (including phenoxy) is 2. The smallest absolute Gasteiger partial charge is 0.308 e. The highest BCUT2D eigenvalue weighted by Gasteiger charge is 2.15. The largest absolute Gasteiger partial charge is 0.493 e. The Morgan fingerprint density at radius 2 is 2.07 bits per heavy atom. The first-order valence-electron chi connectivity index (χ1n) is 7.91. The average Bonchev–Trinajstić information content (AvgIpc) is 3.12. The molecule has 0 aliphatic heterocycles. The van der Waals surface area contributed by atoms with Crippen molar-refractivity contribution in [2.45, 2.75) is 6.92 Å². The molecule has 142 valence electrons. The fourth-order valence-electron chi connectivity index (χ4n) is 2.73. The second kappa shape index (κ2) is 7.26. The maximum Gasteiger partial charge on any atom is 0.308 e. The molecule has 0 unspecified atom stereocenters. The molecule has 7 nitrogen and oxygen atoms in total. The molecule has 3 aromatic heterocycles. The molecule has 0 aliphatic rings. The number of pyridine rings is 1. The summed E-state index contributed by atoms with van der Waals surface area (Å²) in [6, 6.07) is 5.26. The van der Waals surface area contributed by atoms with Gasteiger partial charge in [0.2, 0.25) is 0 Å². The molecule has 0 amide bonds. The van der Waals surface area contributed by atoms with E-state index in [1.54, 1.807) is 24.4 Å². The van der Waals surface area contributed by atoms with E-state index in [1.807, 2.05) is 6.07 Å². The zero-order valence-electron chi connectivity index (χ0n) is 14.5. The van der Waals surface area contributed by atoms with Crippen molar-refractivity contribution in [3.63, 3.8) is 0 Å². The summed E-state index contributed by atoms with van der Waals surface area (Å²) >= 11 is 8.01. The average molecular weight is 525 g/mol. The van der Waals surface area contributed by atoms with E-state index in [0.717, 1.165) is 4.47 Å². The highest BCUT2D eigenvalue weighted by atomic mass is 79.9. The Morgan fingerprint density at radius 1 is 1.29 bits per heavy atom. The second-order valence-electron chi connectivity index (χ2n) is 5.77. The highest BCUT2D eigenvalue weighted by molar-refractivity contribution is 9.10. The molecular formula is C18H11Br2N3O4S. The van der Waals surface area contributed by atoms with E-state index in [-0.39, 0.29) is 11.3 Å². The Balaban J connectivity index is 1.88. The lowest BCUT2D eigenvalue weighted by molar-refractivity contribution is -0.132. The van der Waals surface area contributed by atoms with E-state index < -0.39 is 5.97 Å². The molecule has 4 aromatic rings. The molecule has 0 saturated heterocycles. The maximum absolute atomic E-state index is 12.9. The van der Waals surface area contributed by atoms with Crippen LogP contribution in [0.4, 0.5) is 0 Å². The molecule has 1 aromatic carbocycles. The normalized spacial score (nSPS) is 12.1. The number of hydrogen-bond acceptors (Lipinski definition) is 7. The number of methoxy groups -OCH3 is 1. The summed E-state index contributed by atoms with van der Waals surface area (Å²) in [5.41, 5.74) is 1.68. The molecular weight excluding hydrogens is 514 g/mol. The molecule has 0 aliphatic carbocycles. The number of imidazole rings is 1. The van der Waals surface area contributed by atoms with E-state index in [9.17, 15) is 9.59 Å². The van der Waals surface area contributed by atoms with Crippen molar-refractivity contribution in [1.29, 1.82) is 0 Å². The quantitative estimate of drug-likeness (QED) is 0.302. The van der Waals surface area contributed by atoms with E-state index in [0.29, 0.717) is 36.4 Å². The first kappa shape index (κ1) is 19.0. The van der Waals surface area contributed by atoms with Crippen molar-refractivity contribution in [2.24, 2.45) is 0 Å². The Hall–Kier alpha value is -2.30. The summed E-state index contributed by atoms with van der Waals surface area (Å²) in [5.74, 6) is 0.209. The Bertz CT molecular complexity index is 1360. The van der Waals surface area contributed by atoms with Gasteiger partial charge in [0.15, 0.2) is 22.1 Å². The van der Waals surface area contributed by atoms with Crippen LogP contribution in [0.25, 0.3) is 22.2 Å². The topological polar surface area (TPSA) is 82.8 Å². The van der Waals surface area contributed by atoms with Crippen LogP contribution >= 0.6 is 43.2 Å². The SMILES string of the molecule is COc1cc(/C=c2\sc3nc4cc(Br)cnc4n3c2=O)cc(Br)c1OC(C)=O. The summed E-state index contributed by atoms with van der Waals surface area (Å²) < 4.78 is 13.8. The van der Waals surface area contributed by atoms with Crippen LogP contribution < -0.4 is 19.6 Å². The zero-order chi connectivity index (χ0) is 20.0. The second-order valence-corrected chi connectivity index (χ2v) is 8.55. The van der Waals surface area contributed by atoms with Gasteiger partial charge in [-0.3, -0.25) is 9.59 Å². The van der Waals surface area contributed by atoms with Gasteiger partial charge in [-0.05, 0) is 61.7 Å². The molecule has 0 radical (unpaired) electrons. The lowest BCUT2D eigenvalue weighted by atomic mass is 10.2. The van der Waals surface area contributed by atoms with Gasteiger partial charge in [-0.1, -0.05) is 11.3 Å². The van der Waals surface area contributed by atoms with Crippen LogP contribution in [0.2, 0.25) is 0 Å². The molecule has 28 heavy (non-hydrogen) atoms. The minimum absolute atomic E-state index is 0.198. The van der Waals surface area contributed by atoms with Crippen molar-refractivity contribution < 1.29 is 14.3 Å². The van der Waals surface area contributed by atoms with Gasteiger partial charge in [0.25, 0.3) is 5.56 Å². The minimum atomic E-state index is -0.455. The predicted octanol–water partition coefficient (Wildman–Crippen LogP) is 3.31. The van der Waals surface area contributed by atoms with Gasteiger partial charge >= 0.3 is 5.97 Å². The zero-order valence-corrected chi connectivity index (χ0v) is 18.5. The Kier molecular flexibility index (Phi) is 4.94. The lowest BCUT2D eigenvalue weighted by Crippen LogP contribution is -2.23. The van der Waals surface area contributed by atoms with Gasteiger partial charge in [-0.25, -0.2) is 14.4 Å². The lowest BCUT2D eigenvalue weighted by Gasteiger charge is -2.10. The van der Waals surface area contributed by atoms with E-state index >= 15 is 0 Å². The van der Waals surface area contributed by atoms with Crippen molar-refractivity contribution >= 4 is 71.4 Å². The fraction of sp³-hybridized carbons (Fsp3) is 0.111. The third kappa shape index (κ3) is 3.31. The molecule has 0 fully saturated rings. The van der Waals surface area contributed by atoms with Gasteiger partial charge in [-0.15, -0.1) is 0 Å². The van der Waals surface area contributed by atoms with E-state index in [4.69, 9.17) is 9.47 Å². The minimum Gasteiger partial charge on any atom is -0.493 e. The van der Waals surface area contributed by atoms with Crippen LogP contribution in [-0.2, 0) is 4.79 Å². The Morgan fingerprint density at radius 3 is 2.79 bits per heavy atom. The first-order chi connectivity index (χ1) is 13.4. The van der Waals surface area contributed by atoms with Crippen LogP contribution in [0.3, 0.4) is 0 Å². The van der Waals surface area contributed by atoms with E-state index in [1.165, 1.54) is 29.8 Å². The van der Waals surface area contributed by atoms with Gasteiger partial charge in [0.05, 0.1) is 16.1 Å². The number of nitrogens with zero attached hydrogens (tertiary/aromatic N) is 3. The van der Waals surface area contributed by atoms with Crippen molar-refractivity contribution in [1.82, 2.24) is 14.4 Å². The van der Waals surface area contributed by atoms with E-state index in [2.05, 4.69) is 41.8 Å². The molecule has 3 heterocycles. The summed E-state index contributed by atoms with van der Waals surface area (Å²) in [5, 5.41) is 0. The number of carbonyl (C=O) groups is 1. The predicted molar refractivity (Wildman–Crippen MR) is 113 cm³/mol. The molecule has 0 saturated carbocycles. The number of thiazole rings is 1. The van der Waals surface area contributed by atoms with Gasteiger partial charge < -0.3 is 9.47 Å². The number of hydrogen-bond donors (Lipinski definition) is 0. The maximum atomic E-state index is 12.9. The van der Waals surface area contributed by atoms with Crippen LogP contribution in [0, 0.1) is 0 Å². The standard InChI is InChI=1S/C18H11Br2N3O4S/c1-8(24)27-15-11(20)3-9(4-13(15)26-2)5-14-17(25)23-16-12(22-18(23)28-14)6-10(19)7-21-16/h3-7H,1-2H3/b14-5-. The molecule has 0 bridgehead atoms. The number of carbonyl (C=O) groups excluding carboxylic acids is 1. The van der Waals surface area contributed by atoms with Gasteiger partial charge in [0.1, 0.15) is 5.52 Å². The summed E-state index contributed by atoms with van der Waals surface area (Å²) in [7, 11) is 1.48. The van der Waals surface area contributed by atoms with Crippen molar-refractivity contribution in [2.75, 3.05) is 7.11 Å².